The van der Waals surface area contributed by atoms with Crippen molar-refractivity contribution in [1.82, 2.24) is 0 Å². The van der Waals surface area contributed by atoms with E-state index in [1.807, 2.05) is 6.07 Å². The molecule has 0 saturated heterocycles. The molecule has 0 aromatic heterocycles. The molecule has 0 radical (unpaired) electrons. The second-order valence-corrected chi connectivity index (χ2v) is 6.50. The molecule has 3 rings (SSSR count). The van der Waals surface area contributed by atoms with Crippen molar-refractivity contribution in [1.29, 1.82) is 5.26 Å². The van der Waals surface area contributed by atoms with Crippen molar-refractivity contribution >= 4 is 11.9 Å². The molecule has 0 saturated carbocycles. The number of hydrogen-bond donors (Lipinski definition) is 1. The lowest BCUT2D eigenvalue weighted by Crippen LogP contribution is -2.16. The van der Waals surface area contributed by atoms with Gasteiger partial charge in [0.15, 0.2) is 23.3 Å². The van der Waals surface area contributed by atoms with Crippen LogP contribution in [0.3, 0.4) is 0 Å². The molecule has 1 N–H and O–H groups in total. The molecule has 4 nitrogen and oxygen atoms in total. The Morgan fingerprint density at radius 2 is 1.52 bits per heavy atom. The Bertz CT molecular complexity index is 1200. The lowest BCUT2D eigenvalue weighted by Gasteiger charge is -2.13. The van der Waals surface area contributed by atoms with E-state index in [0.717, 1.165) is 6.21 Å². The molecule has 0 spiro atoms. The third kappa shape index (κ3) is 5.23. The van der Waals surface area contributed by atoms with Crippen LogP contribution in [0.4, 0.5) is 36.4 Å². The van der Waals surface area contributed by atoms with Crippen molar-refractivity contribution in [2.24, 2.45) is 5.10 Å². The molecule has 0 amide bonds. The van der Waals surface area contributed by atoms with Gasteiger partial charge in [-0.25, -0.2) is 17.6 Å². The predicted molar refractivity (Wildman–Crippen MR) is 104 cm³/mol. The van der Waals surface area contributed by atoms with Gasteiger partial charge in [0.2, 0.25) is 0 Å². The van der Waals surface area contributed by atoms with Gasteiger partial charge in [-0.3, -0.25) is 5.43 Å². The van der Waals surface area contributed by atoms with Crippen LogP contribution in [0, 0.1) is 34.6 Å². The summed E-state index contributed by atoms with van der Waals surface area (Å²) in [7, 11) is 0. The molecular formula is C22H12F7N3O. The minimum atomic E-state index is -5.63. The monoisotopic (exact) mass is 467 g/mol. The third-order valence-corrected chi connectivity index (χ3v) is 4.35. The normalized spacial score (nSPS) is 11.5. The fourth-order valence-electron chi connectivity index (χ4n) is 2.72. The van der Waals surface area contributed by atoms with Crippen LogP contribution >= 0.6 is 0 Å². The van der Waals surface area contributed by atoms with E-state index >= 15 is 0 Å². The van der Waals surface area contributed by atoms with Gasteiger partial charge < -0.3 is 4.74 Å². The Kier molecular flexibility index (Phi) is 6.86. The molecule has 11 heteroatoms. The summed E-state index contributed by atoms with van der Waals surface area (Å²) >= 11 is 0. The first-order valence-electron chi connectivity index (χ1n) is 9.06. The Balaban J connectivity index is 1.70. The van der Waals surface area contributed by atoms with Gasteiger partial charge in [0.25, 0.3) is 0 Å². The second-order valence-electron chi connectivity index (χ2n) is 6.50. The quantitative estimate of drug-likeness (QED) is 0.205. The average Bonchev–Trinajstić information content (AvgIpc) is 2.79. The summed E-state index contributed by atoms with van der Waals surface area (Å²) in [4.78, 5) is 0. The van der Waals surface area contributed by atoms with Crippen LogP contribution in [0.1, 0.15) is 22.3 Å². The molecule has 170 valence electrons. The van der Waals surface area contributed by atoms with Gasteiger partial charge in [0.1, 0.15) is 23.6 Å². The van der Waals surface area contributed by atoms with E-state index in [1.54, 1.807) is 29.7 Å². The molecule has 3 aromatic carbocycles. The summed E-state index contributed by atoms with van der Waals surface area (Å²) in [5, 5.41) is 12.5. The highest BCUT2D eigenvalue weighted by Crippen LogP contribution is 2.38. The number of halogens is 7. The fraction of sp³-hybridized carbons (Fsp3) is 0.0909. The van der Waals surface area contributed by atoms with Crippen molar-refractivity contribution < 1.29 is 35.5 Å². The number of hydrazone groups is 1. The van der Waals surface area contributed by atoms with E-state index in [9.17, 15) is 30.7 Å². The molecule has 0 aliphatic rings. The largest absolute Gasteiger partial charge is 0.489 e. The first-order valence-corrected chi connectivity index (χ1v) is 9.06. The fourth-order valence-corrected chi connectivity index (χ4v) is 2.72. The van der Waals surface area contributed by atoms with Gasteiger partial charge in [0.05, 0.1) is 17.8 Å². The van der Waals surface area contributed by atoms with E-state index < -0.39 is 40.7 Å². The van der Waals surface area contributed by atoms with Gasteiger partial charge in [-0.15, -0.1) is 0 Å². The molecule has 33 heavy (non-hydrogen) atoms. The van der Waals surface area contributed by atoms with Gasteiger partial charge in [-0.2, -0.15) is 23.5 Å². The minimum absolute atomic E-state index is 0.127. The lowest BCUT2D eigenvalue weighted by atomic mass is 10.1. The number of nitrogens with zero attached hydrogens (tertiary/aromatic N) is 2. The van der Waals surface area contributed by atoms with Crippen LogP contribution in [0.15, 0.2) is 53.6 Å². The van der Waals surface area contributed by atoms with Crippen molar-refractivity contribution in [2.75, 3.05) is 5.43 Å². The van der Waals surface area contributed by atoms with Gasteiger partial charge >= 0.3 is 6.18 Å². The number of ether oxygens (including phenoxy) is 1. The molecule has 0 fully saturated rings. The van der Waals surface area contributed by atoms with Crippen LogP contribution in [0.25, 0.3) is 0 Å². The number of hydrogen-bond acceptors (Lipinski definition) is 4. The number of rotatable bonds is 6. The van der Waals surface area contributed by atoms with Crippen LogP contribution in [0.5, 0.6) is 5.75 Å². The highest BCUT2D eigenvalue weighted by atomic mass is 19.4. The first kappa shape index (κ1) is 23.6. The highest BCUT2D eigenvalue weighted by Gasteiger charge is 2.42. The summed E-state index contributed by atoms with van der Waals surface area (Å²) in [5.41, 5.74) is -1.00. The molecule has 0 unspecified atom stereocenters. The topological polar surface area (TPSA) is 57.4 Å². The van der Waals surface area contributed by atoms with E-state index in [1.165, 1.54) is 24.3 Å². The van der Waals surface area contributed by atoms with Crippen molar-refractivity contribution in [3.05, 3.63) is 94.1 Å². The van der Waals surface area contributed by atoms with Gasteiger partial charge in [0, 0.05) is 5.56 Å². The highest BCUT2D eigenvalue weighted by molar-refractivity contribution is 5.80. The van der Waals surface area contributed by atoms with Crippen LogP contribution in [-0.4, -0.2) is 6.21 Å². The number of nitriles is 1. The van der Waals surface area contributed by atoms with Crippen LogP contribution < -0.4 is 10.2 Å². The maximum Gasteiger partial charge on any atom is 0.422 e. The predicted octanol–water partition coefficient (Wildman–Crippen LogP) is 6.16. The number of alkyl halides is 3. The SMILES string of the molecule is N#Cc1ccccc1COc1ccc(C=NNc2c(F)c(F)c(C(F)(F)F)c(F)c2F)cc1. The standard InChI is InChI=1S/C22H12F7N3O/c23-17-16(22(27,28)29)18(24)20(26)21(19(17)25)32-31-10-12-5-7-15(8-6-12)33-11-14-4-2-1-3-13(14)9-30/h1-8,10,32H,11H2. The number of nitrogens with one attached hydrogen (secondary N) is 1. The second kappa shape index (κ2) is 9.60. The average molecular weight is 467 g/mol. The Labute approximate surface area is 182 Å². The molecule has 0 aliphatic heterocycles. The first-order chi connectivity index (χ1) is 15.6. The molecule has 0 heterocycles. The summed E-state index contributed by atoms with van der Waals surface area (Å²) in [6.07, 6.45) is -4.61. The van der Waals surface area contributed by atoms with Gasteiger partial charge in [-0.1, -0.05) is 18.2 Å². The minimum Gasteiger partial charge on any atom is -0.489 e. The third-order valence-electron chi connectivity index (χ3n) is 4.35. The summed E-state index contributed by atoms with van der Waals surface area (Å²) in [6.45, 7) is 0.127. The van der Waals surface area contributed by atoms with E-state index in [-0.39, 0.29) is 6.61 Å². The lowest BCUT2D eigenvalue weighted by molar-refractivity contribution is -0.143. The number of anilines is 1. The summed E-state index contributed by atoms with van der Waals surface area (Å²) < 4.78 is 98.3. The molecule has 3 aromatic rings. The van der Waals surface area contributed by atoms with Crippen LogP contribution in [-0.2, 0) is 12.8 Å². The van der Waals surface area contributed by atoms with Crippen LogP contribution in [0.2, 0.25) is 0 Å². The molecular weight excluding hydrogens is 455 g/mol. The number of benzene rings is 3. The Morgan fingerprint density at radius 1 is 0.909 bits per heavy atom. The van der Waals surface area contributed by atoms with Crippen molar-refractivity contribution in [3.8, 4) is 11.8 Å². The molecule has 0 aliphatic carbocycles. The molecule has 0 bridgehead atoms. The summed E-state index contributed by atoms with van der Waals surface area (Å²) in [5.74, 6) is -9.27. The maximum absolute atomic E-state index is 13.8. The summed E-state index contributed by atoms with van der Waals surface area (Å²) in [6, 6.07) is 14.9. The zero-order valence-corrected chi connectivity index (χ0v) is 16.4. The van der Waals surface area contributed by atoms with E-state index in [4.69, 9.17) is 10.00 Å². The smallest absolute Gasteiger partial charge is 0.422 e. The van der Waals surface area contributed by atoms with Crippen molar-refractivity contribution in [3.63, 3.8) is 0 Å². The zero-order chi connectivity index (χ0) is 24.2. The Morgan fingerprint density at radius 3 is 2.09 bits per heavy atom. The molecule has 0 atom stereocenters. The van der Waals surface area contributed by atoms with Gasteiger partial charge in [-0.05, 0) is 35.9 Å². The van der Waals surface area contributed by atoms with E-state index in [0.29, 0.717) is 22.4 Å². The van der Waals surface area contributed by atoms with E-state index in [2.05, 4.69) is 5.10 Å². The zero-order valence-electron chi connectivity index (χ0n) is 16.4. The maximum atomic E-state index is 13.8. The Hall–Kier alpha value is -4.07. The van der Waals surface area contributed by atoms with Crippen molar-refractivity contribution in [2.45, 2.75) is 12.8 Å².